The van der Waals surface area contributed by atoms with E-state index in [1.165, 1.54) is 283 Å². The smallest absolute Gasteiger partial charge is 0.305 e. The van der Waals surface area contributed by atoms with Gasteiger partial charge in [0.1, 0.15) is 0 Å². The summed E-state index contributed by atoms with van der Waals surface area (Å²) in [6.45, 7) is 4.95. The number of allylic oxidation sites excluding steroid dienone is 2. The lowest BCUT2D eigenvalue weighted by molar-refractivity contribution is -0.143. The minimum atomic E-state index is -0.676. The van der Waals surface area contributed by atoms with E-state index in [4.69, 9.17) is 4.74 Å². The average Bonchev–Trinajstić information content (AvgIpc) is 3.38. The number of nitrogens with one attached hydrogen (secondary N) is 1. The Bertz CT molecular complexity index is 1080. The highest BCUT2D eigenvalue weighted by Crippen LogP contribution is 2.19. The van der Waals surface area contributed by atoms with Crippen LogP contribution in [0.2, 0.25) is 0 Å². The molecule has 0 aliphatic heterocycles. The van der Waals surface area contributed by atoms with Gasteiger partial charge in [-0.1, -0.05) is 321 Å². The second-order valence-electron chi connectivity index (χ2n) is 22.8. The van der Waals surface area contributed by atoms with Crippen molar-refractivity contribution in [1.29, 1.82) is 0 Å². The molecule has 0 heterocycles. The van der Waals surface area contributed by atoms with Crippen LogP contribution in [-0.4, -0.2) is 47.4 Å². The SMILES string of the molecule is CCCCCCCC/C=C\CCCCCCCCCCCC(=O)OCCCCCCCCCCCCCCC(=O)NC(CO)C(O)CCCCCCCCCCCCCCCCCCCCCCCCCC. The first kappa shape index (κ1) is 70.6. The maximum absolute atomic E-state index is 12.5. The van der Waals surface area contributed by atoms with E-state index in [-0.39, 0.29) is 18.5 Å². The average molecular weight is 1020 g/mol. The highest BCUT2D eigenvalue weighted by atomic mass is 16.5. The van der Waals surface area contributed by atoms with Crippen LogP contribution in [0, 0.1) is 0 Å². The van der Waals surface area contributed by atoms with E-state index in [0.29, 0.717) is 25.9 Å². The lowest BCUT2D eigenvalue weighted by atomic mass is 10.0. The Morgan fingerprint density at radius 3 is 0.986 bits per heavy atom. The van der Waals surface area contributed by atoms with Gasteiger partial charge in [0.05, 0.1) is 25.4 Å². The number of hydrogen-bond acceptors (Lipinski definition) is 5. The van der Waals surface area contributed by atoms with Crippen molar-refractivity contribution < 1.29 is 24.5 Å². The van der Waals surface area contributed by atoms with Gasteiger partial charge in [0.2, 0.25) is 5.91 Å². The molecule has 0 aliphatic rings. The minimum absolute atomic E-state index is 0.00794. The van der Waals surface area contributed by atoms with Crippen LogP contribution in [0.1, 0.15) is 373 Å². The van der Waals surface area contributed by atoms with Crippen molar-refractivity contribution in [2.24, 2.45) is 0 Å². The fourth-order valence-corrected chi connectivity index (χ4v) is 10.5. The van der Waals surface area contributed by atoms with Crippen molar-refractivity contribution in [1.82, 2.24) is 5.32 Å². The second-order valence-corrected chi connectivity index (χ2v) is 22.8. The first-order chi connectivity index (χ1) is 35.5. The number of carbonyl (C=O) groups excluding carboxylic acids is 2. The quantitative estimate of drug-likeness (QED) is 0.0320. The lowest BCUT2D eigenvalue weighted by Crippen LogP contribution is -2.45. The number of rotatable bonds is 62. The van der Waals surface area contributed by atoms with E-state index in [2.05, 4.69) is 31.3 Å². The predicted octanol–water partition coefficient (Wildman–Crippen LogP) is 20.8. The molecule has 0 aliphatic carbocycles. The molecule has 0 spiro atoms. The number of aliphatic hydroxyl groups is 2. The first-order valence-electron chi connectivity index (χ1n) is 32.9. The maximum Gasteiger partial charge on any atom is 0.305 e. The summed E-state index contributed by atoms with van der Waals surface area (Å²) in [6, 6.07) is -0.554. The number of ether oxygens (including phenoxy) is 1. The first-order valence-corrected chi connectivity index (χ1v) is 32.9. The summed E-state index contributed by atoms with van der Waals surface area (Å²) < 4.78 is 5.49. The molecule has 0 aromatic heterocycles. The van der Waals surface area contributed by atoms with Crippen molar-refractivity contribution in [2.45, 2.75) is 386 Å². The van der Waals surface area contributed by atoms with Crippen LogP contribution in [0.3, 0.4) is 0 Å². The van der Waals surface area contributed by atoms with Crippen LogP contribution in [0.4, 0.5) is 0 Å². The monoisotopic (exact) mass is 1020 g/mol. The number of carbonyl (C=O) groups is 2. The molecule has 0 aromatic rings. The Hall–Kier alpha value is -1.40. The van der Waals surface area contributed by atoms with Gasteiger partial charge in [-0.2, -0.15) is 0 Å². The van der Waals surface area contributed by atoms with Gasteiger partial charge in [-0.05, 0) is 51.4 Å². The van der Waals surface area contributed by atoms with Gasteiger partial charge in [0, 0.05) is 12.8 Å². The molecule has 2 atom stereocenters. The predicted molar refractivity (Wildman–Crippen MR) is 315 cm³/mol. The van der Waals surface area contributed by atoms with Crippen molar-refractivity contribution in [3.05, 3.63) is 12.2 Å². The van der Waals surface area contributed by atoms with Gasteiger partial charge in [0.15, 0.2) is 0 Å². The zero-order chi connectivity index (χ0) is 52.2. The summed E-state index contributed by atoms with van der Waals surface area (Å²) in [4.78, 5) is 24.6. The van der Waals surface area contributed by atoms with Gasteiger partial charge in [-0.25, -0.2) is 0 Å². The third-order valence-corrected chi connectivity index (χ3v) is 15.6. The second kappa shape index (κ2) is 62.1. The third-order valence-electron chi connectivity index (χ3n) is 15.6. The standard InChI is InChI=1S/C66H129NO5/c1-3-5-7-9-11-13-15-17-19-21-23-24-25-26-27-29-30-32-34-38-42-46-50-54-58-64(69)63(62-68)67-65(70)59-55-51-47-43-39-36-37-41-45-49-53-57-61-72-66(71)60-56-52-48-44-40-35-33-31-28-22-20-18-16-14-12-10-8-6-4-2/h18,20,63-64,68-69H,3-17,19,21-62H2,1-2H3,(H,67,70)/b20-18-. The molecule has 2 unspecified atom stereocenters. The van der Waals surface area contributed by atoms with Crippen LogP contribution < -0.4 is 5.32 Å². The van der Waals surface area contributed by atoms with Gasteiger partial charge in [-0.15, -0.1) is 0 Å². The summed E-state index contributed by atoms with van der Waals surface area (Å²) in [5, 5.41) is 23.4. The van der Waals surface area contributed by atoms with E-state index >= 15 is 0 Å². The molecule has 6 nitrogen and oxygen atoms in total. The van der Waals surface area contributed by atoms with E-state index in [1.807, 2.05) is 0 Å². The third kappa shape index (κ3) is 57.9. The van der Waals surface area contributed by atoms with Crippen molar-refractivity contribution in [2.75, 3.05) is 13.2 Å². The summed E-state index contributed by atoms with van der Waals surface area (Å²) in [7, 11) is 0. The van der Waals surface area contributed by atoms with E-state index in [9.17, 15) is 19.8 Å². The highest BCUT2D eigenvalue weighted by molar-refractivity contribution is 5.76. The molecule has 0 saturated carbocycles. The summed E-state index contributed by atoms with van der Waals surface area (Å²) >= 11 is 0. The molecule has 0 saturated heterocycles. The van der Waals surface area contributed by atoms with Gasteiger partial charge in [-0.3, -0.25) is 9.59 Å². The normalized spacial score (nSPS) is 12.6. The van der Waals surface area contributed by atoms with Crippen LogP contribution in [-0.2, 0) is 14.3 Å². The fourth-order valence-electron chi connectivity index (χ4n) is 10.5. The molecule has 72 heavy (non-hydrogen) atoms. The Morgan fingerprint density at radius 2 is 0.653 bits per heavy atom. The number of esters is 1. The molecule has 0 aromatic carbocycles. The van der Waals surface area contributed by atoms with Crippen LogP contribution >= 0.6 is 0 Å². The van der Waals surface area contributed by atoms with Gasteiger partial charge >= 0.3 is 5.97 Å². The lowest BCUT2D eigenvalue weighted by Gasteiger charge is -2.22. The number of amides is 1. The zero-order valence-corrected chi connectivity index (χ0v) is 48.9. The van der Waals surface area contributed by atoms with Crippen LogP contribution in [0.25, 0.3) is 0 Å². The fraction of sp³-hybridized carbons (Fsp3) is 0.939. The van der Waals surface area contributed by atoms with Crippen molar-refractivity contribution in [3.63, 3.8) is 0 Å². The minimum Gasteiger partial charge on any atom is -0.466 e. The Kier molecular flexibility index (Phi) is 60.9. The molecular weight excluding hydrogens is 887 g/mol. The molecule has 428 valence electrons. The maximum atomic E-state index is 12.5. The Labute approximate surface area is 450 Å². The largest absolute Gasteiger partial charge is 0.466 e. The summed E-state index contributed by atoms with van der Waals surface area (Å²) in [5.41, 5.74) is 0. The van der Waals surface area contributed by atoms with Gasteiger partial charge < -0.3 is 20.3 Å². The van der Waals surface area contributed by atoms with Crippen molar-refractivity contribution >= 4 is 11.9 Å². The van der Waals surface area contributed by atoms with E-state index in [0.717, 1.165) is 57.8 Å². The molecule has 1 amide bonds. The Balaban J connectivity index is 3.42. The summed E-state index contributed by atoms with van der Waals surface area (Å²) in [6.07, 6.45) is 75.1. The van der Waals surface area contributed by atoms with Crippen LogP contribution in [0.15, 0.2) is 12.2 Å². The molecule has 3 N–H and O–H groups in total. The summed E-state index contributed by atoms with van der Waals surface area (Å²) in [5.74, 6) is -0.0536. The molecule has 0 rings (SSSR count). The molecule has 0 radical (unpaired) electrons. The topological polar surface area (TPSA) is 95.9 Å². The number of aliphatic hydroxyl groups excluding tert-OH is 2. The molecular formula is C66H129NO5. The van der Waals surface area contributed by atoms with Crippen LogP contribution in [0.5, 0.6) is 0 Å². The number of hydrogen-bond donors (Lipinski definition) is 3. The molecule has 0 fully saturated rings. The van der Waals surface area contributed by atoms with Crippen molar-refractivity contribution in [3.8, 4) is 0 Å². The zero-order valence-electron chi connectivity index (χ0n) is 48.9. The molecule has 0 bridgehead atoms. The molecule has 6 heteroatoms. The van der Waals surface area contributed by atoms with E-state index < -0.39 is 12.1 Å². The van der Waals surface area contributed by atoms with Gasteiger partial charge in [0.25, 0.3) is 0 Å². The highest BCUT2D eigenvalue weighted by Gasteiger charge is 2.20. The van der Waals surface area contributed by atoms with E-state index in [1.54, 1.807) is 0 Å². The number of unbranched alkanes of at least 4 members (excludes halogenated alkanes) is 49. The Morgan fingerprint density at radius 1 is 0.375 bits per heavy atom.